The van der Waals surface area contributed by atoms with Gasteiger partial charge in [0.15, 0.2) is 0 Å². The number of rotatable bonds is 1. The highest BCUT2D eigenvalue weighted by molar-refractivity contribution is 14.1. The van der Waals surface area contributed by atoms with Gasteiger partial charge in [-0.15, -0.1) is 0 Å². The molecule has 1 aliphatic carbocycles. The third-order valence-corrected chi connectivity index (χ3v) is 4.11. The van der Waals surface area contributed by atoms with Crippen LogP contribution in [0.4, 0.5) is 5.69 Å². The average molecular weight is 351 g/mol. The Morgan fingerprint density at radius 2 is 2.28 bits per heavy atom. The third kappa shape index (κ3) is 2.23. The van der Waals surface area contributed by atoms with Gasteiger partial charge in [0.05, 0.1) is 0 Å². The minimum Gasteiger partial charge on any atom is -0.321 e. The van der Waals surface area contributed by atoms with E-state index >= 15 is 0 Å². The SMILES string of the molecule is O=C1Nc2ccc(I)cc2C1=CC1C=CCCC1. The number of nitrogens with one attached hydrogen (secondary N) is 1. The van der Waals surface area contributed by atoms with Crippen molar-refractivity contribution >= 4 is 39.8 Å². The molecule has 0 spiro atoms. The van der Waals surface area contributed by atoms with Crippen molar-refractivity contribution in [1.29, 1.82) is 0 Å². The summed E-state index contributed by atoms with van der Waals surface area (Å²) in [4.78, 5) is 12.0. The number of amides is 1. The van der Waals surface area contributed by atoms with Crippen molar-refractivity contribution < 1.29 is 4.79 Å². The molecule has 1 N–H and O–H groups in total. The van der Waals surface area contributed by atoms with E-state index in [1.807, 2.05) is 12.1 Å². The number of halogens is 1. The summed E-state index contributed by atoms with van der Waals surface area (Å²) < 4.78 is 1.16. The number of hydrogen-bond donors (Lipinski definition) is 1. The van der Waals surface area contributed by atoms with Crippen molar-refractivity contribution in [1.82, 2.24) is 0 Å². The van der Waals surface area contributed by atoms with Gasteiger partial charge in [0, 0.05) is 20.4 Å². The zero-order chi connectivity index (χ0) is 12.5. The minimum absolute atomic E-state index is 0.0333. The number of benzene rings is 1. The van der Waals surface area contributed by atoms with Gasteiger partial charge in [-0.2, -0.15) is 0 Å². The van der Waals surface area contributed by atoms with E-state index in [1.54, 1.807) is 0 Å². The van der Waals surface area contributed by atoms with Crippen molar-refractivity contribution in [3.8, 4) is 0 Å². The first-order chi connectivity index (χ1) is 8.74. The van der Waals surface area contributed by atoms with Gasteiger partial charge in [0.1, 0.15) is 0 Å². The Bertz CT molecular complexity index is 560. The van der Waals surface area contributed by atoms with Crippen LogP contribution in [-0.4, -0.2) is 5.91 Å². The second-order valence-electron chi connectivity index (χ2n) is 4.75. The van der Waals surface area contributed by atoms with Crippen molar-refractivity contribution in [3.63, 3.8) is 0 Å². The van der Waals surface area contributed by atoms with Crippen molar-refractivity contribution in [3.05, 3.63) is 45.6 Å². The van der Waals surface area contributed by atoms with E-state index in [1.165, 1.54) is 12.8 Å². The molecule has 1 unspecified atom stereocenters. The van der Waals surface area contributed by atoms with Crippen LogP contribution in [0.25, 0.3) is 5.57 Å². The predicted octanol–water partition coefficient (Wildman–Crippen LogP) is 3.98. The highest BCUT2D eigenvalue weighted by Crippen LogP contribution is 2.34. The standard InChI is InChI=1S/C15H14INO/c16-11-6-7-14-12(9-11)13(15(18)17-14)8-10-4-2-1-3-5-10/h2,4,6-10H,1,3,5H2,(H,17,18). The van der Waals surface area contributed by atoms with Crippen LogP contribution in [-0.2, 0) is 4.79 Å². The fourth-order valence-electron chi connectivity index (χ4n) is 2.52. The first-order valence-corrected chi connectivity index (χ1v) is 7.32. The lowest BCUT2D eigenvalue weighted by Crippen LogP contribution is -2.06. The summed E-state index contributed by atoms with van der Waals surface area (Å²) in [5.74, 6) is 0.439. The Morgan fingerprint density at radius 1 is 1.39 bits per heavy atom. The molecule has 1 aromatic rings. The normalized spacial score (nSPS) is 24.2. The van der Waals surface area contributed by atoms with Gasteiger partial charge in [-0.05, 0) is 66.0 Å². The Labute approximate surface area is 120 Å². The molecule has 0 aromatic heterocycles. The summed E-state index contributed by atoms with van der Waals surface area (Å²) in [5, 5.41) is 2.93. The molecule has 0 fully saturated rings. The molecule has 0 bridgehead atoms. The number of anilines is 1. The van der Waals surface area contributed by atoms with E-state index in [-0.39, 0.29) is 5.91 Å². The van der Waals surface area contributed by atoms with Crippen molar-refractivity contribution in [2.75, 3.05) is 5.32 Å². The summed E-state index contributed by atoms with van der Waals surface area (Å²) >= 11 is 2.28. The molecule has 92 valence electrons. The summed E-state index contributed by atoms with van der Waals surface area (Å²) in [6.45, 7) is 0. The molecule has 1 amide bonds. The van der Waals surface area contributed by atoms with Gasteiger partial charge in [-0.3, -0.25) is 4.79 Å². The highest BCUT2D eigenvalue weighted by atomic mass is 127. The minimum atomic E-state index is 0.0333. The van der Waals surface area contributed by atoms with E-state index in [9.17, 15) is 4.79 Å². The topological polar surface area (TPSA) is 29.1 Å². The number of hydrogen-bond acceptors (Lipinski definition) is 1. The highest BCUT2D eigenvalue weighted by Gasteiger charge is 2.25. The van der Waals surface area contributed by atoms with E-state index in [2.05, 4.69) is 52.2 Å². The van der Waals surface area contributed by atoms with E-state index in [4.69, 9.17) is 0 Å². The lowest BCUT2D eigenvalue weighted by Gasteiger charge is -2.12. The molecule has 1 heterocycles. The van der Waals surface area contributed by atoms with Crippen LogP contribution in [0.5, 0.6) is 0 Å². The molecule has 0 saturated carbocycles. The average Bonchev–Trinajstić information content (AvgIpc) is 2.67. The quantitative estimate of drug-likeness (QED) is 0.463. The van der Waals surface area contributed by atoms with Gasteiger partial charge < -0.3 is 5.32 Å². The summed E-state index contributed by atoms with van der Waals surface area (Å²) in [7, 11) is 0. The summed E-state index contributed by atoms with van der Waals surface area (Å²) in [6.07, 6.45) is 10.1. The predicted molar refractivity (Wildman–Crippen MR) is 82.2 cm³/mol. The maximum Gasteiger partial charge on any atom is 0.256 e. The molecular formula is C15H14INO. The number of fused-ring (bicyclic) bond motifs is 1. The molecule has 3 rings (SSSR count). The third-order valence-electron chi connectivity index (χ3n) is 3.44. The molecular weight excluding hydrogens is 337 g/mol. The first kappa shape index (κ1) is 12.0. The second kappa shape index (κ2) is 4.88. The Balaban J connectivity index is 2.00. The maximum absolute atomic E-state index is 12.0. The fourth-order valence-corrected chi connectivity index (χ4v) is 3.01. The number of carbonyl (C=O) groups excluding carboxylic acids is 1. The van der Waals surface area contributed by atoms with Crippen LogP contribution in [0.3, 0.4) is 0 Å². The van der Waals surface area contributed by atoms with Crippen molar-refractivity contribution in [2.24, 2.45) is 5.92 Å². The molecule has 2 aliphatic rings. The van der Waals surface area contributed by atoms with E-state index in [0.717, 1.165) is 26.8 Å². The van der Waals surface area contributed by atoms with Crippen molar-refractivity contribution in [2.45, 2.75) is 19.3 Å². The first-order valence-electron chi connectivity index (χ1n) is 6.24. The smallest absolute Gasteiger partial charge is 0.256 e. The molecule has 1 aromatic carbocycles. The molecule has 18 heavy (non-hydrogen) atoms. The van der Waals surface area contributed by atoms with Crippen LogP contribution < -0.4 is 5.32 Å². The van der Waals surface area contributed by atoms with Gasteiger partial charge in [0.2, 0.25) is 0 Å². The second-order valence-corrected chi connectivity index (χ2v) is 5.99. The van der Waals surface area contributed by atoms with Gasteiger partial charge in [-0.1, -0.05) is 18.2 Å². The Hall–Kier alpha value is -1.10. The van der Waals surface area contributed by atoms with Crippen LogP contribution in [0.15, 0.2) is 36.4 Å². The van der Waals surface area contributed by atoms with E-state index < -0.39 is 0 Å². The molecule has 0 saturated heterocycles. The van der Waals surface area contributed by atoms with Gasteiger partial charge in [-0.25, -0.2) is 0 Å². The summed E-state index contributed by atoms with van der Waals surface area (Å²) in [6, 6.07) is 6.07. The monoisotopic (exact) mass is 351 g/mol. The van der Waals surface area contributed by atoms with Crippen LogP contribution in [0, 0.1) is 9.49 Å². The van der Waals surface area contributed by atoms with E-state index in [0.29, 0.717) is 5.92 Å². The summed E-state index contributed by atoms with van der Waals surface area (Å²) in [5.41, 5.74) is 2.82. The molecule has 3 heteroatoms. The fraction of sp³-hybridized carbons (Fsp3) is 0.267. The molecule has 1 aliphatic heterocycles. The molecule has 2 nitrogen and oxygen atoms in total. The lowest BCUT2D eigenvalue weighted by atomic mass is 9.92. The largest absolute Gasteiger partial charge is 0.321 e. The van der Waals surface area contributed by atoms with Crippen LogP contribution in [0.2, 0.25) is 0 Å². The zero-order valence-corrected chi connectivity index (χ0v) is 12.1. The Kier molecular flexibility index (Phi) is 3.24. The van der Waals surface area contributed by atoms with Gasteiger partial charge >= 0.3 is 0 Å². The zero-order valence-electron chi connectivity index (χ0n) is 9.95. The lowest BCUT2D eigenvalue weighted by molar-refractivity contribution is -0.110. The number of allylic oxidation sites excluding steroid dienone is 3. The number of carbonyl (C=O) groups is 1. The molecule has 1 atom stereocenters. The van der Waals surface area contributed by atoms with Crippen LogP contribution >= 0.6 is 22.6 Å². The Morgan fingerprint density at radius 3 is 3.06 bits per heavy atom. The maximum atomic E-state index is 12.0. The van der Waals surface area contributed by atoms with Gasteiger partial charge in [0.25, 0.3) is 5.91 Å². The molecule has 0 radical (unpaired) electrons. The van der Waals surface area contributed by atoms with Crippen LogP contribution in [0.1, 0.15) is 24.8 Å².